The molecule has 0 bridgehead atoms. The van der Waals surface area contributed by atoms with Gasteiger partial charge in [-0.2, -0.15) is 0 Å². The van der Waals surface area contributed by atoms with Gasteiger partial charge in [0.1, 0.15) is 5.60 Å². The van der Waals surface area contributed by atoms with Crippen LogP contribution in [0.5, 0.6) is 0 Å². The highest BCUT2D eigenvalue weighted by Crippen LogP contribution is 2.34. The van der Waals surface area contributed by atoms with E-state index in [1.807, 2.05) is 81.4 Å². The van der Waals surface area contributed by atoms with E-state index in [0.29, 0.717) is 12.1 Å². The number of benzene rings is 2. The summed E-state index contributed by atoms with van der Waals surface area (Å²) in [7, 11) is 0. The van der Waals surface area contributed by atoms with Crippen LogP contribution in [0.4, 0.5) is 4.79 Å². The molecule has 1 saturated heterocycles. The van der Waals surface area contributed by atoms with Crippen LogP contribution in [-0.2, 0) is 20.8 Å². The van der Waals surface area contributed by atoms with Gasteiger partial charge in [-0.15, -0.1) is 0 Å². The Bertz CT molecular complexity index is 940. The normalized spacial score (nSPS) is 25.3. The van der Waals surface area contributed by atoms with Crippen molar-refractivity contribution in [1.82, 2.24) is 4.90 Å². The number of oxime groups is 1. The van der Waals surface area contributed by atoms with Gasteiger partial charge in [-0.1, -0.05) is 72.7 Å². The summed E-state index contributed by atoms with van der Waals surface area (Å²) < 4.78 is 5.55. The molecule has 2 amide bonds. The summed E-state index contributed by atoms with van der Waals surface area (Å²) in [6.07, 6.45) is -0.978. The Morgan fingerprint density at radius 2 is 1.69 bits per heavy atom. The van der Waals surface area contributed by atoms with Gasteiger partial charge in [0.15, 0.2) is 0 Å². The van der Waals surface area contributed by atoms with E-state index in [2.05, 4.69) is 5.16 Å². The fourth-order valence-corrected chi connectivity index (χ4v) is 3.95. The number of carbonyl (C=O) groups is 2. The molecule has 150 valence electrons. The predicted molar refractivity (Wildman–Crippen MR) is 108 cm³/mol. The maximum Gasteiger partial charge on any atom is 0.417 e. The molecular formula is C23H24N2O4. The number of cyclic esters (lactones) is 1. The molecule has 0 spiro atoms. The molecule has 6 heteroatoms. The molecule has 0 saturated carbocycles. The maximum atomic E-state index is 13.4. The van der Waals surface area contributed by atoms with Crippen molar-refractivity contribution in [2.24, 2.45) is 11.1 Å². The highest BCUT2D eigenvalue weighted by atomic mass is 16.7. The van der Waals surface area contributed by atoms with Gasteiger partial charge in [-0.05, 0) is 31.4 Å². The SMILES string of the molecule is C[C@@H]1C(c2ccccc2)=NO[C@H]1C(=O)N1C(=O)OC(C)(C)[C@@H]1Cc1ccccc1. The molecule has 0 unspecified atom stereocenters. The van der Waals surface area contributed by atoms with Crippen molar-refractivity contribution in [3.05, 3.63) is 71.8 Å². The molecule has 2 aromatic carbocycles. The number of rotatable bonds is 4. The fraction of sp³-hybridized carbons (Fsp3) is 0.348. The van der Waals surface area contributed by atoms with Gasteiger partial charge in [0.25, 0.3) is 5.91 Å². The monoisotopic (exact) mass is 392 g/mol. The molecule has 0 aromatic heterocycles. The average molecular weight is 392 g/mol. The van der Waals surface area contributed by atoms with E-state index in [-0.39, 0.29) is 5.92 Å². The zero-order valence-corrected chi connectivity index (χ0v) is 16.7. The highest BCUT2D eigenvalue weighted by molar-refractivity contribution is 6.07. The molecular weight excluding hydrogens is 368 g/mol. The second-order valence-electron chi connectivity index (χ2n) is 8.04. The van der Waals surface area contributed by atoms with Gasteiger partial charge in [0, 0.05) is 0 Å². The Hall–Kier alpha value is -3.15. The average Bonchev–Trinajstić information content (AvgIpc) is 3.19. The van der Waals surface area contributed by atoms with Crippen molar-refractivity contribution in [1.29, 1.82) is 0 Å². The number of amides is 2. The van der Waals surface area contributed by atoms with E-state index >= 15 is 0 Å². The molecule has 2 heterocycles. The Morgan fingerprint density at radius 3 is 2.34 bits per heavy atom. The Kier molecular flexibility index (Phi) is 4.86. The van der Waals surface area contributed by atoms with Crippen LogP contribution in [0, 0.1) is 5.92 Å². The van der Waals surface area contributed by atoms with Crippen LogP contribution < -0.4 is 0 Å². The van der Waals surface area contributed by atoms with Gasteiger partial charge < -0.3 is 9.57 Å². The largest absolute Gasteiger partial charge is 0.441 e. The van der Waals surface area contributed by atoms with Crippen LogP contribution in [0.3, 0.4) is 0 Å². The molecule has 0 aliphatic carbocycles. The minimum atomic E-state index is -0.857. The second-order valence-corrected chi connectivity index (χ2v) is 8.04. The molecule has 0 N–H and O–H groups in total. The van der Waals surface area contributed by atoms with Crippen LogP contribution in [0.2, 0.25) is 0 Å². The molecule has 1 fully saturated rings. The number of carbonyl (C=O) groups excluding carboxylic acids is 2. The Balaban J connectivity index is 1.57. The van der Waals surface area contributed by atoms with E-state index in [1.165, 1.54) is 4.90 Å². The lowest BCUT2D eigenvalue weighted by Gasteiger charge is -2.29. The summed E-state index contributed by atoms with van der Waals surface area (Å²) in [5, 5.41) is 4.15. The number of nitrogens with zero attached hydrogens (tertiary/aromatic N) is 2. The topological polar surface area (TPSA) is 68.2 Å². The predicted octanol–water partition coefficient (Wildman–Crippen LogP) is 3.79. The van der Waals surface area contributed by atoms with Crippen molar-refractivity contribution in [3.8, 4) is 0 Å². The molecule has 0 radical (unpaired) electrons. The summed E-state index contributed by atoms with van der Waals surface area (Å²) >= 11 is 0. The summed E-state index contributed by atoms with van der Waals surface area (Å²) in [5.74, 6) is -0.692. The lowest BCUT2D eigenvalue weighted by Crippen LogP contribution is -2.51. The van der Waals surface area contributed by atoms with Gasteiger partial charge in [0.05, 0.1) is 17.7 Å². The van der Waals surface area contributed by atoms with Crippen LogP contribution >= 0.6 is 0 Å². The summed E-state index contributed by atoms with van der Waals surface area (Å²) in [5.41, 5.74) is 1.84. The Labute approximate surface area is 170 Å². The molecule has 6 nitrogen and oxygen atoms in total. The van der Waals surface area contributed by atoms with E-state index < -0.39 is 29.7 Å². The molecule has 29 heavy (non-hydrogen) atoms. The van der Waals surface area contributed by atoms with Crippen molar-refractivity contribution >= 4 is 17.7 Å². The number of hydrogen-bond acceptors (Lipinski definition) is 5. The summed E-state index contributed by atoms with van der Waals surface area (Å²) in [6, 6.07) is 18.9. The lowest BCUT2D eigenvalue weighted by atomic mass is 9.90. The standard InChI is InChI=1S/C23H24N2O4/c1-15-19(17-12-8-5-9-13-17)24-29-20(15)21(26)25-18(23(2,3)28-22(25)27)14-16-10-6-4-7-11-16/h4-13,15,18,20H,14H2,1-3H3/t15-,18+,20-/m1/s1. The first kappa shape index (κ1) is 19.2. The number of imide groups is 1. The summed E-state index contributed by atoms with van der Waals surface area (Å²) in [6.45, 7) is 5.55. The third-order valence-corrected chi connectivity index (χ3v) is 5.63. The smallest absolute Gasteiger partial charge is 0.417 e. The van der Waals surface area contributed by atoms with E-state index in [9.17, 15) is 9.59 Å². The molecule has 3 atom stereocenters. The zero-order valence-electron chi connectivity index (χ0n) is 16.7. The first-order valence-electron chi connectivity index (χ1n) is 9.77. The number of ether oxygens (including phenoxy) is 1. The number of hydrogen-bond donors (Lipinski definition) is 0. The van der Waals surface area contributed by atoms with Gasteiger partial charge in [-0.3, -0.25) is 4.79 Å². The lowest BCUT2D eigenvalue weighted by molar-refractivity contribution is -0.142. The van der Waals surface area contributed by atoms with E-state index in [4.69, 9.17) is 9.57 Å². The minimum absolute atomic E-state index is 0.279. The summed E-state index contributed by atoms with van der Waals surface area (Å²) in [4.78, 5) is 32.7. The Morgan fingerprint density at radius 1 is 1.07 bits per heavy atom. The molecule has 2 aliphatic rings. The van der Waals surface area contributed by atoms with Crippen LogP contribution in [0.1, 0.15) is 31.9 Å². The maximum absolute atomic E-state index is 13.4. The first-order chi connectivity index (χ1) is 13.9. The van der Waals surface area contributed by atoms with Crippen LogP contribution in [0.15, 0.2) is 65.8 Å². The van der Waals surface area contributed by atoms with Gasteiger partial charge in [-0.25, -0.2) is 9.69 Å². The minimum Gasteiger partial charge on any atom is -0.441 e. The zero-order chi connectivity index (χ0) is 20.6. The van der Waals surface area contributed by atoms with Crippen molar-refractivity contribution in [3.63, 3.8) is 0 Å². The fourth-order valence-electron chi connectivity index (χ4n) is 3.95. The molecule has 2 aromatic rings. The van der Waals surface area contributed by atoms with Crippen molar-refractivity contribution < 1.29 is 19.2 Å². The third kappa shape index (κ3) is 3.50. The first-order valence-corrected chi connectivity index (χ1v) is 9.77. The van der Waals surface area contributed by atoms with Crippen LogP contribution in [0.25, 0.3) is 0 Å². The highest BCUT2D eigenvalue weighted by Gasteiger charge is 2.54. The van der Waals surface area contributed by atoms with Crippen molar-refractivity contribution in [2.75, 3.05) is 0 Å². The second kappa shape index (κ2) is 7.35. The quantitative estimate of drug-likeness (QED) is 0.794. The van der Waals surface area contributed by atoms with Gasteiger partial charge in [0.2, 0.25) is 6.10 Å². The van der Waals surface area contributed by atoms with Gasteiger partial charge >= 0.3 is 6.09 Å². The van der Waals surface area contributed by atoms with E-state index in [1.54, 1.807) is 0 Å². The molecule has 2 aliphatic heterocycles. The van der Waals surface area contributed by atoms with E-state index in [0.717, 1.165) is 11.1 Å². The molecule has 4 rings (SSSR count). The third-order valence-electron chi connectivity index (χ3n) is 5.63. The van der Waals surface area contributed by atoms with Crippen molar-refractivity contribution in [2.45, 2.75) is 44.9 Å². The van der Waals surface area contributed by atoms with Crippen LogP contribution in [-0.4, -0.2) is 40.4 Å².